The number of fused-ring (bicyclic) bond motifs is 3. The van der Waals surface area contributed by atoms with Gasteiger partial charge in [-0.25, -0.2) is 0 Å². The first kappa shape index (κ1) is 28.7. The summed E-state index contributed by atoms with van der Waals surface area (Å²) in [5.74, 6) is -1.77. The zero-order chi connectivity index (χ0) is 27.6. The van der Waals surface area contributed by atoms with E-state index in [1.165, 1.54) is 19.4 Å². The van der Waals surface area contributed by atoms with Crippen LogP contribution in [0.5, 0.6) is 0 Å². The minimum absolute atomic E-state index is 0.0308. The molecule has 4 aliphatic rings. The van der Waals surface area contributed by atoms with Crippen LogP contribution in [0.3, 0.4) is 0 Å². The summed E-state index contributed by atoms with van der Waals surface area (Å²) in [4.78, 5) is 29.3. The maximum absolute atomic E-state index is 13.9. The molecular weight excluding hydrogens is 474 g/mol. The van der Waals surface area contributed by atoms with Crippen molar-refractivity contribution in [3.63, 3.8) is 0 Å². The highest BCUT2D eigenvalue weighted by atomic mass is 16.6. The first-order valence-corrected chi connectivity index (χ1v) is 13.9. The van der Waals surface area contributed by atoms with Crippen LogP contribution < -0.4 is 0 Å². The third kappa shape index (κ3) is 4.13. The van der Waals surface area contributed by atoms with Crippen LogP contribution in [0, 0.1) is 16.7 Å². The smallest absolute Gasteiger partial charge is 0.320 e. The molecule has 1 saturated heterocycles. The molecule has 4 rings (SSSR count). The van der Waals surface area contributed by atoms with Crippen LogP contribution in [0.25, 0.3) is 0 Å². The van der Waals surface area contributed by atoms with Crippen molar-refractivity contribution in [1.82, 2.24) is 4.90 Å². The number of carbonyl (C=O) groups is 2. The molecule has 0 amide bonds. The molecule has 1 heterocycles. The molecule has 4 unspecified atom stereocenters. The van der Waals surface area contributed by atoms with Gasteiger partial charge in [-0.1, -0.05) is 46.1 Å². The molecule has 8 heteroatoms. The van der Waals surface area contributed by atoms with Gasteiger partial charge < -0.3 is 24.8 Å². The molecule has 0 aromatic heterocycles. The standard InChI is InChI=1S/C29H47NO7/c1-8-26(4)16-20(32)29(35)27(5)19(31)14-15-25(2,3)23(27)22(34)24(28(29,6)37-26)36-21(33)17-30(7)18-12-10-9-11-13-18/h8,18-19,22-24,31,34-35H,1,9-17H2,2-7H3/t19-,22?,23?,24?,26-,27?,28+,29-/m0/s1. The molecule has 3 saturated carbocycles. The summed E-state index contributed by atoms with van der Waals surface area (Å²) < 4.78 is 12.5. The Morgan fingerprint density at radius 3 is 2.35 bits per heavy atom. The highest BCUT2D eigenvalue weighted by molar-refractivity contribution is 5.92. The van der Waals surface area contributed by atoms with Crippen molar-refractivity contribution in [2.75, 3.05) is 13.6 Å². The van der Waals surface area contributed by atoms with Crippen LogP contribution in [0.1, 0.15) is 86.0 Å². The number of aliphatic hydroxyl groups excluding tert-OH is 2. The van der Waals surface area contributed by atoms with Gasteiger partial charge in [-0.3, -0.25) is 14.5 Å². The molecular formula is C29H47NO7. The zero-order valence-corrected chi connectivity index (χ0v) is 23.5. The van der Waals surface area contributed by atoms with Crippen LogP contribution >= 0.6 is 0 Å². The van der Waals surface area contributed by atoms with Gasteiger partial charge in [0.05, 0.1) is 24.4 Å². The number of nitrogens with zero attached hydrogens (tertiary/aromatic N) is 1. The van der Waals surface area contributed by atoms with E-state index < -0.39 is 63.6 Å². The molecule has 3 aliphatic carbocycles. The van der Waals surface area contributed by atoms with E-state index >= 15 is 0 Å². The molecule has 210 valence electrons. The van der Waals surface area contributed by atoms with Gasteiger partial charge in [0.1, 0.15) is 5.60 Å². The summed E-state index contributed by atoms with van der Waals surface area (Å²) in [5, 5.41) is 35.8. The van der Waals surface area contributed by atoms with Crippen molar-refractivity contribution >= 4 is 11.8 Å². The fraction of sp³-hybridized carbons (Fsp3) is 0.862. The molecule has 1 aliphatic heterocycles. The third-order valence-electron chi connectivity index (χ3n) is 10.6. The number of carbonyl (C=O) groups excluding carboxylic acids is 2. The fourth-order valence-corrected chi connectivity index (χ4v) is 8.51. The maximum Gasteiger partial charge on any atom is 0.320 e. The number of hydrogen-bond donors (Lipinski definition) is 3. The number of esters is 1. The highest BCUT2D eigenvalue weighted by Crippen LogP contribution is 2.67. The number of aliphatic hydroxyl groups is 3. The van der Waals surface area contributed by atoms with Gasteiger partial charge in [0, 0.05) is 23.8 Å². The maximum atomic E-state index is 13.9. The number of Topliss-reactive ketones (excluding diaryl/α,β-unsaturated/α-hetero) is 1. The van der Waals surface area contributed by atoms with E-state index in [0.717, 1.165) is 25.7 Å². The van der Waals surface area contributed by atoms with E-state index in [4.69, 9.17) is 9.47 Å². The Morgan fingerprint density at radius 2 is 1.76 bits per heavy atom. The predicted octanol–water partition coefficient (Wildman–Crippen LogP) is 2.76. The molecule has 0 bridgehead atoms. The van der Waals surface area contributed by atoms with E-state index in [0.29, 0.717) is 12.8 Å². The van der Waals surface area contributed by atoms with Gasteiger partial charge in [0.25, 0.3) is 0 Å². The highest BCUT2D eigenvalue weighted by Gasteiger charge is 2.81. The second-order valence-corrected chi connectivity index (χ2v) is 13.4. The number of likely N-dealkylation sites (N-methyl/N-ethyl adjacent to an activating group) is 1. The van der Waals surface area contributed by atoms with Gasteiger partial charge in [0.2, 0.25) is 0 Å². The Labute approximate surface area is 221 Å². The largest absolute Gasteiger partial charge is 0.455 e. The summed E-state index contributed by atoms with van der Waals surface area (Å²) in [5.41, 5.74) is -7.13. The summed E-state index contributed by atoms with van der Waals surface area (Å²) in [6.45, 7) is 12.7. The third-order valence-corrected chi connectivity index (χ3v) is 10.6. The molecule has 37 heavy (non-hydrogen) atoms. The van der Waals surface area contributed by atoms with E-state index in [1.807, 2.05) is 25.8 Å². The molecule has 0 spiro atoms. The Morgan fingerprint density at radius 1 is 1.14 bits per heavy atom. The lowest BCUT2D eigenvalue weighted by atomic mass is 9.40. The average Bonchev–Trinajstić information content (AvgIpc) is 2.83. The van der Waals surface area contributed by atoms with Crippen molar-refractivity contribution in [2.24, 2.45) is 16.7 Å². The van der Waals surface area contributed by atoms with Gasteiger partial charge >= 0.3 is 5.97 Å². The molecule has 8 nitrogen and oxygen atoms in total. The number of ether oxygens (including phenoxy) is 2. The number of hydrogen-bond acceptors (Lipinski definition) is 8. The SMILES string of the molecule is C=C[C@@]1(C)CC(=O)[C@]2(O)C3(C)C(C(O)C(OC(=O)CN(C)C4CCCCC4)[C@@]2(C)O1)C(C)(C)CC[C@@H]3O. The fourth-order valence-electron chi connectivity index (χ4n) is 8.51. The van der Waals surface area contributed by atoms with E-state index in [1.54, 1.807) is 13.8 Å². The van der Waals surface area contributed by atoms with Crippen molar-refractivity contribution < 1.29 is 34.4 Å². The predicted molar refractivity (Wildman–Crippen MR) is 139 cm³/mol. The first-order valence-electron chi connectivity index (χ1n) is 13.9. The Kier molecular flexibility index (Phi) is 7.29. The van der Waals surface area contributed by atoms with Crippen LogP contribution in [0.15, 0.2) is 12.7 Å². The molecule has 4 fully saturated rings. The lowest BCUT2D eigenvalue weighted by Gasteiger charge is -2.71. The molecule has 3 N–H and O–H groups in total. The van der Waals surface area contributed by atoms with Gasteiger partial charge in [-0.2, -0.15) is 0 Å². The van der Waals surface area contributed by atoms with Crippen LogP contribution in [-0.4, -0.2) is 86.7 Å². The topological polar surface area (TPSA) is 117 Å². The Balaban J connectivity index is 1.76. The lowest BCUT2D eigenvalue weighted by Crippen LogP contribution is -2.86. The minimum Gasteiger partial charge on any atom is -0.455 e. The summed E-state index contributed by atoms with van der Waals surface area (Å²) >= 11 is 0. The second kappa shape index (κ2) is 9.40. The van der Waals surface area contributed by atoms with Gasteiger partial charge in [0.15, 0.2) is 17.5 Å². The molecule has 0 aromatic carbocycles. The van der Waals surface area contributed by atoms with Crippen molar-refractivity contribution in [3.8, 4) is 0 Å². The first-order chi connectivity index (χ1) is 17.1. The molecule has 8 atom stereocenters. The number of ketones is 1. The normalized spacial score (nSPS) is 46.2. The summed E-state index contributed by atoms with van der Waals surface area (Å²) in [6, 6.07) is 0.289. The van der Waals surface area contributed by atoms with Gasteiger partial charge in [-0.05, 0) is 52.0 Å². The minimum atomic E-state index is -2.20. The summed E-state index contributed by atoms with van der Waals surface area (Å²) in [7, 11) is 1.90. The van der Waals surface area contributed by atoms with Crippen molar-refractivity contribution in [2.45, 2.75) is 127 Å². The monoisotopic (exact) mass is 521 g/mol. The Hall–Kier alpha value is -1.32. The molecule has 0 aromatic rings. The average molecular weight is 522 g/mol. The van der Waals surface area contributed by atoms with Crippen LogP contribution in [0.4, 0.5) is 0 Å². The van der Waals surface area contributed by atoms with Crippen molar-refractivity contribution in [3.05, 3.63) is 12.7 Å². The second-order valence-electron chi connectivity index (χ2n) is 13.4. The van der Waals surface area contributed by atoms with Gasteiger partial charge in [-0.15, -0.1) is 6.58 Å². The van der Waals surface area contributed by atoms with Crippen LogP contribution in [0.2, 0.25) is 0 Å². The molecule has 0 radical (unpaired) electrons. The quantitative estimate of drug-likeness (QED) is 0.374. The van der Waals surface area contributed by atoms with E-state index in [-0.39, 0.29) is 19.0 Å². The van der Waals surface area contributed by atoms with E-state index in [2.05, 4.69) is 6.58 Å². The Bertz CT molecular complexity index is 931. The van der Waals surface area contributed by atoms with Crippen LogP contribution in [-0.2, 0) is 19.1 Å². The number of rotatable bonds is 5. The lowest BCUT2D eigenvalue weighted by molar-refractivity contribution is -0.370. The van der Waals surface area contributed by atoms with Crippen molar-refractivity contribution in [1.29, 1.82) is 0 Å². The van der Waals surface area contributed by atoms with E-state index in [9.17, 15) is 24.9 Å². The zero-order valence-electron chi connectivity index (χ0n) is 23.5. The summed E-state index contributed by atoms with van der Waals surface area (Å²) in [6.07, 6.45) is 4.18.